The molecular formula is C21H20N8O4S. The Labute approximate surface area is 198 Å². The van der Waals surface area contributed by atoms with Gasteiger partial charge in [-0.05, 0) is 34.6 Å². The fourth-order valence-electron chi connectivity index (χ4n) is 3.01. The standard InChI is InChI=1S/C21H20N8O4S/c1-31-16-10-6-7-13(18(16)32-2)11-23-25-21(30)17-15(12-34-14-8-4-3-5-9-14)29(28-24-17)20-19(22)26-33-27-20/h3-11H,12H2,1-2H3,(H2,22,26)(H,25,30)/b23-11+. The minimum Gasteiger partial charge on any atom is -0.493 e. The molecule has 4 rings (SSSR count). The fourth-order valence-corrected chi connectivity index (χ4v) is 3.92. The number of para-hydroxylation sites is 1. The number of carbonyl (C=O) groups excluding carboxylic acids is 1. The van der Waals surface area contributed by atoms with E-state index in [9.17, 15) is 4.79 Å². The average Bonchev–Trinajstić information content (AvgIpc) is 3.48. The molecule has 1 amide bonds. The summed E-state index contributed by atoms with van der Waals surface area (Å²) in [5.41, 5.74) is 9.41. The van der Waals surface area contributed by atoms with Gasteiger partial charge < -0.3 is 15.2 Å². The van der Waals surface area contributed by atoms with Crippen LogP contribution in [0.2, 0.25) is 0 Å². The molecule has 0 spiro atoms. The van der Waals surface area contributed by atoms with Crippen molar-refractivity contribution in [1.82, 2.24) is 30.7 Å². The van der Waals surface area contributed by atoms with Gasteiger partial charge in [-0.25, -0.2) is 10.1 Å². The number of ether oxygens (including phenoxy) is 2. The van der Waals surface area contributed by atoms with Gasteiger partial charge >= 0.3 is 0 Å². The van der Waals surface area contributed by atoms with E-state index in [2.05, 4.69) is 35.8 Å². The van der Waals surface area contributed by atoms with E-state index in [-0.39, 0.29) is 17.3 Å². The molecule has 0 aliphatic heterocycles. The van der Waals surface area contributed by atoms with Gasteiger partial charge in [0, 0.05) is 16.2 Å². The number of methoxy groups -OCH3 is 2. The molecule has 0 unspecified atom stereocenters. The minimum absolute atomic E-state index is 0.0194. The lowest BCUT2D eigenvalue weighted by Gasteiger charge is -2.09. The van der Waals surface area contributed by atoms with E-state index in [0.717, 1.165) is 4.90 Å². The van der Waals surface area contributed by atoms with Crippen molar-refractivity contribution in [2.24, 2.45) is 5.10 Å². The molecule has 13 heteroatoms. The van der Waals surface area contributed by atoms with Crippen LogP contribution in [-0.4, -0.2) is 51.6 Å². The Morgan fingerprint density at radius 3 is 2.71 bits per heavy atom. The average molecular weight is 481 g/mol. The predicted molar refractivity (Wildman–Crippen MR) is 124 cm³/mol. The molecule has 2 aromatic heterocycles. The third-order valence-corrected chi connectivity index (χ3v) is 5.62. The number of hydrogen-bond donors (Lipinski definition) is 2. The van der Waals surface area contributed by atoms with Gasteiger partial charge in [-0.3, -0.25) is 4.79 Å². The Hall–Kier alpha value is -4.39. The van der Waals surface area contributed by atoms with E-state index >= 15 is 0 Å². The van der Waals surface area contributed by atoms with Crippen LogP contribution in [0, 0.1) is 0 Å². The highest BCUT2D eigenvalue weighted by Crippen LogP contribution is 2.29. The number of amides is 1. The Kier molecular flexibility index (Phi) is 7.03. The van der Waals surface area contributed by atoms with Gasteiger partial charge in [0.15, 0.2) is 17.2 Å². The summed E-state index contributed by atoms with van der Waals surface area (Å²) in [5.74, 6) is 0.968. The molecule has 12 nitrogen and oxygen atoms in total. The fraction of sp³-hybridized carbons (Fsp3) is 0.143. The number of anilines is 1. The third kappa shape index (κ3) is 4.83. The number of hydrogen-bond acceptors (Lipinski definition) is 11. The van der Waals surface area contributed by atoms with Crippen molar-refractivity contribution in [3.63, 3.8) is 0 Å². The normalized spacial score (nSPS) is 11.0. The van der Waals surface area contributed by atoms with Crippen molar-refractivity contribution in [1.29, 1.82) is 0 Å². The molecule has 34 heavy (non-hydrogen) atoms. The Bertz CT molecular complexity index is 1310. The second-order valence-corrected chi connectivity index (χ2v) is 7.70. The van der Waals surface area contributed by atoms with Crippen LogP contribution >= 0.6 is 11.8 Å². The van der Waals surface area contributed by atoms with Crippen LogP contribution in [0.25, 0.3) is 5.82 Å². The number of thioether (sulfide) groups is 1. The SMILES string of the molecule is COc1cccc(/C=N/NC(=O)c2nnn(-c3nonc3N)c2CSc2ccccc2)c1OC. The molecule has 3 N–H and O–H groups in total. The Morgan fingerprint density at radius 2 is 2.00 bits per heavy atom. The highest BCUT2D eigenvalue weighted by Gasteiger charge is 2.24. The van der Waals surface area contributed by atoms with E-state index in [4.69, 9.17) is 15.2 Å². The summed E-state index contributed by atoms with van der Waals surface area (Å²) in [7, 11) is 3.06. The molecule has 2 heterocycles. The number of rotatable bonds is 9. The van der Waals surface area contributed by atoms with Gasteiger partial charge in [-0.1, -0.05) is 29.5 Å². The summed E-state index contributed by atoms with van der Waals surface area (Å²) in [4.78, 5) is 13.9. The van der Waals surface area contributed by atoms with Gasteiger partial charge in [0.25, 0.3) is 5.91 Å². The van der Waals surface area contributed by atoms with Gasteiger partial charge in [0.1, 0.15) is 0 Å². The number of nitrogens with two attached hydrogens (primary N) is 1. The van der Waals surface area contributed by atoms with E-state index in [1.807, 2.05) is 30.3 Å². The second kappa shape index (κ2) is 10.5. The lowest BCUT2D eigenvalue weighted by molar-refractivity contribution is 0.0949. The van der Waals surface area contributed by atoms with Crippen LogP contribution in [0.5, 0.6) is 11.5 Å². The molecule has 2 aromatic carbocycles. The molecule has 0 saturated carbocycles. The highest BCUT2D eigenvalue weighted by molar-refractivity contribution is 7.98. The van der Waals surface area contributed by atoms with Crippen LogP contribution < -0.4 is 20.6 Å². The zero-order valence-electron chi connectivity index (χ0n) is 18.2. The summed E-state index contributed by atoms with van der Waals surface area (Å²) in [6.07, 6.45) is 1.45. The van der Waals surface area contributed by atoms with E-state index in [1.54, 1.807) is 18.2 Å². The monoisotopic (exact) mass is 480 g/mol. The maximum absolute atomic E-state index is 12.9. The second-order valence-electron chi connectivity index (χ2n) is 6.65. The molecule has 0 fully saturated rings. The molecule has 0 aliphatic carbocycles. The number of benzene rings is 2. The van der Waals surface area contributed by atoms with Gasteiger partial charge in [0.05, 0.1) is 26.1 Å². The maximum atomic E-state index is 12.9. The summed E-state index contributed by atoms with van der Waals surface area (Å²) in [5, 5.41) is 19.4. The molecule has 174 valence electrons. The first-order chi connectivity index (χ1) is 16.6. The molecule has 0 saturated heterocycles. The summed E-state index contributed by atoms with van der Waals surface area (Å²) in [6.45, 7) is 0. The molecule has 4 aromatic rings. The van der Waals surface area contributed by atoms with Crippen molar-refractivity contribution in [3.05, 3.63) is 65.5 Å². The zero-order valence-corrected chi connectivity index (χ0v) is 19.0. The largest absolute Gasteiger partial charge is 0.493 e. The quantitative estimate of drug-likeness (QED) is 0.207. The van der Waals surface area contributed by atoms with Crippen LogP contribution in [-0.2, 0) is 5.75 Å². The van der Waals surface area contributed by atoms with Crippen LogP contribution in [0.4, 0.5) is 5.82 Å². The third-order valence-electron chi connectivity index (χ3n) is 4.60. The molecule has 0 bridgehead atoms. The molecular weight excluding hydrogens is 460 g/mol. The van der Waals surface area contributed by atoms with Gasteiger partial charge in [-0.2, -0.15) is 9.78 Å². The van der Waals surface area contributed by atoms with Crippen molar-refractivity contribution < 1.29 is 18.9 Å². The van der Waals surface area contributed by atoms with Gasteiger partial charge in [0.2, 0.25) is 11.6 Å². The first kappa shape index (κ1) is 22.8. The van der Waals surface area contributed by atoms with Crippen LogP contribution in [0.15, 0.2) is 63.2 Å². The van der Waals surface area contributed by atoms with E-state index in [0.29, 0.717) is 28.5 Å². The molecule has 0 radical (unpaired) electrons. The predicted octanol–water partition coefficient (Wildman–Crippen LogP) is 2.31. The summed E-state index contributed by atoms with van der Waals surface area (Å²) < 4.78 is 16.6. The number of nitrogen functional groups attached to an aromatic ring is 1. The molecule has 0 atom stereocenters. The van der Waals surface area contributed by atoms with Gasteiger partial charge in [-0.15, -0.1) is 16.9 Å². The van der Waals surface area contributed by atoms with E-state index < -0.39 is 5.91 Å². The van der Waals surface area contributed by atoms with Crippen LogP contribution in [0.1, 0.15) is 21.7 Å². The first-order valence-corrected chi connectivity index (χ1v) is 10.9. The first-order valence-electron chi connectivity index (χ1n) is 9.87. The van der Waals surface area contributed by atoms with Crippen LogP contribution in [0.3, 0.4) is 0 Å². The maximum Gasteiger partial charge on any atom is 0.293 e. The Morgan fingerprint density at radius 1 is 1.18 bits per heavy atom. The van der Waals surface area contributed by atoms with Crippen molar-refractivity contribution in [2.45, 2.75) is 10.6 Å². The highest BCUT2D eigenvalue weighted by atomic mass is 32.2. The number of nitrogens with one attached hydrogen (secondary N) is 1. The zero-order chi connectivity index (χ0) is 23.9. The van der Waals surface area contributed by atoms with Crippen molar-refractivity contribution in [2.75, 3.05) is 20.0 Å². The van der Waals surface area contributed by atoms with Crippen molar-refractivity contribution >= 4 is 29.7 Å². The summed E-state index contributed by atoms with van der Waals surface area (Å²) >= 11 is 1.49. The number of nitrogens with zero attached hydrogens (tertiary/aromatic N) is 6. The summed E-state index contributed by atoms with van der Waals surface area (Å²) in [6, 6.07) is 15.0. The van der Waals surface area contributed by atoms with Crippen molar-refractivity contribution in [3.8, 4) is 17.3 Å². The number of carbonyl (C=O) groups is 1. The smallest absolute Gasteiger partial charge is 0.293 e. The number of aromatic nitrogens is 5. The van der Waals surface area contributed by atoms with E-state index in [1.165, 1.54) is 36.9 Å². The Balaban J connectivity index is 1.58. The lowest BCUT2D eigenvalue weighted by atomic mass is 10.2. The molecule has 0 aliphatic rings. The lowest BCUT2D eigenvalue weighted by Crippen LogP contribution is -2.20. The minimum atomic E-state index is -0.567. The topological polar surface area (TPSA) is 156 Å². The number of hydrazone groups is 1.